The van der Waals surface area contributed by atoms with E-state index in [2.05, 4.69) is 67.5 Å². The van der Waals surface area contributed by atoms with Crippen molar-refractivity contribution in [3.63, 3.8) is 0 Å². The molecule has 37 heavy (non-hydrogen) atoms. The number of carbonyl (C=O) groups excluding carboxylic acids is 1. The summed E-state index contributed by atoms with van der Waals surface area (Å²) in [5.41, 5.74) is 2.04. The van der Waals surface area contributed by atoms with Crippen molar-refractivity contribution >= 4 is 20.4 Å². The highest BCUT2D eigenvalue weighted by molar-refractivity contribution is 6.78. The number of para-hydroxylation sites is 1. The zero-order chi connectivity index (χ0) is 27.6. The lowest BCUT2D eigenvalue weighted by Gasteiger charge is -2.42. The van der Waals surface area contributed by atoms with Crippen LogP contribution >= 0.6 is 0 Å². The summed E-state index contributed by atoms with van der Waals surface area (Å²) < 4.78 is 30.6. The van der Waals surface area contributed by atoms with Crippen molar-refractivity contribution in [2.24, 2.45) is 17.3 Å². The number of hydrogen-bond acceptors (Lipinski definition) is 6. The summed E-state index contributed by atoms with van der Waals surface area (Å²) in [7, 11) is -0.473. The Morgan fingerprint density at radius 1 is 1.08 bits per heavy atom. The maximum Gasteiger partial charge on any atom is 0.315 e. The topological polar surface area (TPSA) is 63.2 Å². The number of carbonyl (C=O) groups is 1. The summed E-state index contributed by atoms with van der Waals surface area (Å²) in [6.45, 7) is 21.1. The molecule has 1 saturated heterocycles. The normalized spacial score (nSPS) is 23.1. The minimum absolute atomic E-state index is 0.130. The number of allylic oxidation sites excluding steroid dienone is 1. The molecule has 208 valence electrons. The Kier molecular flexibility index (Phi) is 9.24. The zero-order valence-corrected chi connectivity index (χ0v) is 25.6. The predicted molar refractivity (Wildman–Crippen MR) is 150 cm³/mol. The molecule has 0 bridgehead atoms. The Bertz CT molecular complexity index is 939. The Morgan fingerprint density at radius 3 is 2.19 bits per heavy atom. The van der Waals surface area contributed by atoms with Crippen molar-refractivity contribution in [1.82, 2.24) is 0 Å². The molecule has 0 amide bonds. The Morgan fingerprint density at radius 2 is 1.68 bits per heavy atom. The van der Waals surface area contributed by atoms with Crippen molar-refractivity contribution in [2.75, 3.05) is 26.9 Å². The molecule has 0 unspecified atom stereocenters. The molecule has 6 nitrogen and oxygen atoms in total. The molecule has 0 N–H and O–H groups in total. The summed E-state index contributed by atoms with van der Waals surface area (Å²) in [6.07, 6.45) is 4.80. The second kappa shape index (κ2) is 11.5. The van der Waals surface area contributed by atoms with Gasteiger partial charge in [-0.15, -0.1) is 0 Å². The Hall–Kier alpha value is -1.83. The van der Waals surface area contributed by atoms with Crippen LogP contribution in [-0.4, -0.2) is 47.0 Å². The molecule has 1 aromatic rings. The van der Waals surface area contributed by atoms with Crippen LogP contribution in [0.25, 0.3) is 6.08 Å². The van der Waals surface area contributed by atoms with Crippen molar-refractivity contribution in [1.29, 1.82) is 0 Å². The van der Waals surface area contributed by atoms with Gasteiger partial charge in [-0.25, -0.2) is 0 Å². The lowest BCUT2D eigenvalue weighted by atomic mass is 9.78. The number of esters is 1. The van der Waals surface area contributed by atoms with Crippen LogP contribution in [-0.2, 0) is 19.0 Å². The van der Waals surface area contributed by atoms with Crippen LogP contribution in [0.4, 0.5) is 0 Å². The third-order valence-corrected chi connectivity index (χ3v) is 14.4. The van der Waals surface area contributed by atoms with Crippen molar-refractivity contribution < 1.29 is 28.2 Å². The van der Waals surface area contributed by atoms with E-state index >= 15 is 0 Å². The van der Waals surface area contributed by atoms with Gasteiger partial charge in [0.1, 0.15) is 11.7 Å². The molecule has 3 rings (SSSR count). The van der Waals surface area contributed by atoms with Crippen LogP contribution < -0.4 is 9.16 Å². The van der Waals surface area contributed by atoms with Gasteiger partial charge < -0.3 is 23.4 Å². The van der Waals surface area contributed by atoms with E-state index in [1.165, 1.54) is 0 Å². The number of hydrogen-bond donors (Lipinski definition) is 0. The van der Waals surface area contributed by atoms with Gasteiger partial charge in [0.15, 0.2) is 11.5 Å². The van der Waals surface area contributed by atoms with E-state index < -0.39 is 20.0 Å². The summed E-state index contributed by atoms with van der Waals surface area (Å²) in [5, 5.41) is 0. The smallest absolute Gasteiger partial charge is 0.315 e. The van der Waals surface area contributed by atoms with Gasteiger partial charge in [-0.3, -0.25) is 4.79 Å². The molecule has 7 heteroatoms. The van der Waals surface area contributed by atoms with Crippen LogP contribution in [0.15, 0.2) is 24.3 Å². The van der Waals surface area contributed by atoms with Crippen LogP contribution in [0, 0.1) is 17.3 Å². The molecule has 1 aliphatic carbocycles. The van der Waals surface area contributed by atoms with E-state index in [0.29, 0.717) is 42.9 Å². The highest BCUT2D eigenvalue weighted by atomic mass is 28.4. The van der Waals surface area contributed by atoms with Crippen molar-refractivity contribution in [3.8, 4) is 11.5 Å². The molecule has 2 atom stereocenters. The average molecular weight is 533 g/mol. The highest BCUT2D eigenvalue weighted by Crippen LogP contribution is 2.57. The number of rotatable bonds is 10. The molecular formula is C30H48O6Si. The number of ether oxygens (including phenoxy) is 4. The summed E-state index contributed by atoms with van der Waals surface area (Å²) in [4.78, 5) is 13.2. The van der Waals surface area contributed by atoms with Crippen LogP contribution in [0.1, 0.15) is 74.3 Å². The predicted octanol–water partition coefficient (Wildman–Crippen LogP) is 7.23. The fourth-order valence-electron chi connectivity index (χ4n) is 6.98. The molecule has 0 aromatic heterocycles. The second-order valence-electron chi connectivity index (χ2n) is 12.1. The first-order valence-electron chi connectivity index (χ1n) is 13.8. The lowest BCUT2D eigenvalue weighted by Crippen LogP contribution is -2.50. The van der Waals surface area contributed by atoms with Crippen LogP contribution in [0.3, 0.4) is 0 Å². The fraction of sp³-hybridized carbons (Fsp3) is 0.700. The third kappa shape index (κ3) is 5.50. The molecule has 1 aromatic carbocycles. The molecule has 1 saturated carbocycles. The molecular weight excluding hydrogens is 484 g/mol. The Balaban J connectivity index is 2.02. The Labute approximate surface area is 225 Å². The minimum Gasteiger partial charge on any atom is -0.540 e. The number of benzene rings is 1. The van der Waals surface area contributed by atoms with E-state index in [9.17, 15) is 4.79 Å². The van der Waals surface area contributed by atoms with Crippen molar-refractivity contribution in [2.45, 2.75) is 91.1 Å². The first-order chi connectivity index (χ1) is 17.4. The first-order valence-corrected chi connectivity index (χ1v) is 16.0. The van der Waals surface area contributed by atoms with Gasteiger partial charge in [-0.05, 0) is 35.0 Å². The van der Waals surface area contributed by atoms with Gasteiger partial charge in [0.05, 0.1) is 26.9 Å². The molecule has 1 spiro atoms. The summed E-state index contributed by atoms with van der Waals surface area (Å²) in [6, 6.07) is 6.07. The van der Waals surface area contributed by atoms with Gasteiger partial charge in [-0.1, -0.05) is 79.7 Å². The quantitative estimate of drug-likeness (QED) is 0.234. The molecule has 2 aliphatic rings. The van der Waals surface area contributed by atoms with Crippen LogP contribution in [0.5, 0.6) is 11.5 Å². The number of methoxy groups -OCH3 is 1. The largest absolute Gasteiger partial charge is 0.540 e. The van der Waals surface area contributed by atoms with Gasteiger partial charge >= 0.3 is 5.97 Å². The molecule has 1 heterocycles. The van der Waals surface area contributed by atoms with E-state index in [0.717, 1.165) is 17.1 Å². The van der Waals surface area contributed by atoms with E-state index in [4.69, 9.17) is 23.4 Å². The van der Waals surface area contributed by atoms with Gasteiger partial charge in [0.2, 0.25) is 0 Å². The van der Waals surface area contributed by atoms with E-state index in [1.807, 2.05) is 25.1 Å². The summed E-state index contributed by atoms with van der Waals surface area (Å²) >= 11 is 0. The third-order valence-electron chi connectivity index (χ3n) is 8.44. The van der Waals surface area contributed by atoms with E-state index in [-0.39, 0.29) is 17.3 Å². The second-order valence-corrected chi connectivity index (χ2v) is 17.5. The van der Waals surface area contributed by atoms with Gasteiger partial charge in [-0.2, -0.15) is 0 Å². The van der Waals surface area contributed by atoms with Crippen molar-refractivity contribution in [3.05, 3.63) is 29.8 Å². The zero-order valence-electron chi connectivity index (χ0n) is 24.6. The lowest BCUT2D eigenvalue weighted by molar-refractivity contribution is -0.202. The maximum absolute atomic E-state index is 13.2. The highest BCUT2D eigenvalue weighted by Gasteiger charge is 2.63. The van der Waals surface area contributed by atoms with E-state index in [1.54, 1.807) is 7.11 Å². The summed E-state index contributed by atoms with van der Waals surface area (Å²) in [5.74, 6) is -0.348. The molecule has 0 radical (unpaired) electrons. The molecule has 2 fully saturated rings. The maximum atomic E-state index is 13.2. The van der Waals surface area contributed by atoms with Gasteiger partial charge in [0.25, 0.3) is 8.32 Å². The first kappa shape index (κ1) is 29.7. The minimum atomic E-state index is -2.17. The average Bonchev–Trinajstić information content (AvgIpc) is 3.35. The standard InChI is InChI=1S/C30H48O6Si/c1-11-33-28(31)26-24(29(8,9)19-30(26)34-17-18-35-30)16-15-23-13-12-14-25(27(23)32-10)36-37(20(2)3,21(4)5)22(6)7/h12-16,20-22,24,26H,11,17-19H2,1-10H3/b16-15+/t24-,26+/m0/s1. The monoisotopic (exact) mass is 532 g/mol. The SMILES string of the molecule is CCOC(=O)[C@H]1[C@H](/C=C/c2cccc(O[Si](C(C)C)(C(C)C)C(C)C)c2OC)C(C)(C)CC12OCCO2. The fourth-order valence-corrected chi connectivity index (χ4v) is 12.2. The van der Waals surface area contributed by atoms with Gasteiger partial charge in [0, 0.05) is 17.9 Å². The molecule has 1 aliphatic heterocycles. The van der Waals surface area contributed by atoms with Crippen LogP contribution in [0.2, 0.25) is 16.6 Å².